The maximum atomic E-state index is 13.8. The zero-order chi connectivity index (χ0) is 13.5. The molecule has 20 heavy (non-hydrogen) atoms. The first-order valence-corrected chi connectivity index (χ1v) is 6.93. The molecule has 5 heteroatoms. The molecule has 0 aliphatic heterocycles. The van der Waals surface area contributed by atoms with E-state index < -0.39 is 5.54 Å². The molecule has 2 fully saturated rings. The van der Waals surface area contributed by atoms with E-state index in [1.54, 1.807) is 12.1 Å². The first-order valence-electron chi connectivity index (χ1n) is 6.93. The SMILES string of the molecule is Cl.NC1CCC(C(=O)NC2(c3ccccc3F)CC2)C1. The molecule has 1 aromatic carbocycles. The van der Waals surface area contributed by atoms with E-state index in [1.165, 1.54) is 6.07 Å². The Morgan fingerprint density at radius 1 is 1.30 bits per heavy atom. The molecule has 0 heterocycles. The number of carbonyl (C=O) groups excluding carboxylic acids is 1. The molecule has 0 spiro atoms. The van der Waals surface area contributed by atoms with E-state index in [2.05, 4.69) is 5.32 Å². The van der Waals surface area contributed by atoms with Crippen molar-refractivity contribution in [2.75, 3.05) is 0 Å². The third-order valence-corrected chi connectivity index (χ3v) is 4.35. The van der Waals surface area contributed by atoms with Crippen molar-refractivity contribution in [3.63, 3.8) is 0 Å². The van der Waals surface area contributed by atoms with Crippen LogP contribution in [0.2, 0.25) is 0 Å². The third-order valence-electron chi connectivity index (χ3n) is 4.35. The number of hydrogen-bond acceptors (Lipinski definition) is 2. The molecule has 2 aliphatic carbocycles. The number of hydrogen-bond donors (Lipinski definition) is 2. The Hall–Kier alpha value is -1.13. The molecule has 0 bridgehead atoms. The summed E-state index contributed by atoms with van der Waals surface area (Å²) >= 11 is 0. The lowest BCUT2D eigenvalue weighted by atomic mass is 10.0. The molecular weight excluding hydrogens is 279 g/mol. The Kier molecular flexibility index (Phi) is 4.35. The van der Waals surface area contributed by atoms with E-state index in [0.29, 0.717) is 5.56 Å². The number of halogens is 2. The van der Waals surface area contributed by atoms with E-state index in [0.717, 1.165) is 32.1 Å². The Balaban J connectivity index is 0.00000147. The zero-order valence-electron chi connectivity index (χ0n) is 11.3. The van der Waals surface area contributed by atoms with Crippen molar-refractivity contribution in [3.05, 3.63) is 35.6 Å². The molecule has 3 nitrogen and oxygen atoms in total. The fourth-order valence-corrected chi connectivity index (χ4v) is 3.03. The number of amides is 1. The first kappa shape index (κ1) is 15.3. The summed E-state index contributed by atoms with van der Waals surface area (Å²) in [4.78, 5) is 12.2. The summed E-state index contributed by atoms with van der Waals surface area (Å²) in [5.41, 5.74) is 5.99. The highest BCUT2D eigenvalue weighted by Crippen LogP contribution is 2.46. The van der Waals surface area contributed by atoms with Crippen LogP contribution in [0.4, 0.5) is 4.39 Å². The van der Waals surface area contributed by atoms with Crippen molar-refractivity contribution in [2.24, 2.45) is 11.7 Å². The van der Waals surface area contributed by atoms with Crippen LogP contribution in [-0.2, 0) is 10.3 Å². The Morgan fingerprint density at radius 2 is 2.00 bits per heavy atom. The molecule has 3 rings (SSSR count). The fraction of sp³-hybridized carbons (Fsp3) is 0.533. The van der Waals surface area contributed by atoms with Crippen molar-refractivity contribution >= 4 is 18.3 Å². The van der Waals surface area contributed by atoms with Gasteiger partial charge in [-0.1, -0.05) is 18.2 Å². The highest BCUT2D eigenvalue weighted by molar-refractivity contribution is 5.85. The van der Waals surface area contributed by atoms with E-state index >= 15 is 0 Å². The monoisotopic (exact) mass is 298 g/mol. The van der Waals surface area contributed by atoms with Gasteiger partial charge in [-0.05, 0) is 38.2 Å². The van der Waals surface area contributed by atoms with Gasteiger partial charge in [-0.2, -0.15) is 0 Å². The van der Waals surface area contributed by atoms with Gasteiger partial charge in [0.1, 0.15) is 5.82 Å². The number of carbonyl (C=O) groups is 1. The normalized spacial score (nSPS) is 26.7. The second-order valence-corrected chi connectivity index (χ2v) is 5.82. The van der Waals surface area contributed by atoms with Crippen LogP contribution in [0.1, 0.15) is 37.7 Å². The van der Waals surface area contributed by atoms with Crippen LogP contribution in [0, 0.1) is 11.7 Å². The maximum Gasteiger partial charge on any atom is 0.223 e. The van der Waals surface area contributed by atoms with Crippen molar-refractivity contribution in [1.82, 2.24) is 5.32 Å². The molecule has 1 amide bonds. The van der Waals surface area contributed by atoms with Gasteiger partial charge in [-0.15, -0.1) is 12.4 Å². The van der Waals surface area contributed by atoms with Gasteiger partial charge in [0, 0.05) is 17.5 Å². The van der Waals surface area contributed by atoms with Gasteiger partial charge in [-0.3, -0.25) is 4.79 Å². The Bertz CT molecular complexity index is 504. The minimum atomic E-state index is -0.463. The van der Waals surface area contributed by atoms with Gasteiger partial charge >= 0.3 is 0 Å². The molecule has 1 aromatic rings. The maximum absolute atomic E-state index is 13.8. The second kappa shape index (κ2) is 5.70. The van der Waals surface area contributed by atoms with E-state index in [1.807, 2.05) is 6.07 Å². The van der Waals surface area contributed by atoms with Gasteiger partial charge in [0.05, 0.1) is 5.54 Å². The number of benzene rings is 1. The van der Waals surface area contributed by atoms with E-state index in [9.17, 15) is 9.18 Å². The van der Waals surface area contributed by atoms with E-state index in [4.69, 9.17) is 5.73 Å². The predicted molar refractivity (Wildman–Crippen MR) is 78.0 cm³/mol. The van der Waals surface area contributed by atoms with Crippen LogP contribution in [0.3, 0.4) is 0 Å². The summed E-state index contributed by atoms with van der Waals surface area (Å²) < 4.78 is 13.8. The van der Waals surface area contributed by atoms with Crippen LogP contribution < -0.4 is 11.1 Å². The largest absolute Gasteiger partial charge is 0.346 e. The van der Waals surface area contributed by atoms with Crippen LogP contribution >= 0.6 is 12.4 Å². The molecule has 2 aliphatic rings. The molecule has 110 valence electrons. The van der Waals surface area contributed by atoms with Crippen molar-refractivity contribution in [2.45, 2.75) is 43.7 Å². The fourth-order valence-electron chi connectivity index (χ4n) is 3.03. The lowest BCUT2D eigenvalue weighted by Gasteiger charge is -2.21. The summed E-state index contributed by atoms with van der Waals surface area (Å²) in [6, 6.07) is 6.85. The molecule has 2 unspecified atom stereocenters. The summed E-state index contributed by atoms with van der Waals surface area (Å²) in [5, 5.41) is 3.05. The highest BCUT2D eigenvalue weighted by atomic mass is 35.5. The van der Waals surface area contributed by atoms with Crippen molar-refractivity contribution in [3.8, 4) is 0 Å². The predicted octanol–water partition coefficient (Wildman–Crippen LogP) is 2.48. The van der Waals surface area contributed by atoms with Crippen LogP contribution in [0.15, 0.2) is 24.3 Å². The van der Waals surface area contributed by atoms with Gasteiger partial charge < -0.3 is 11.1 Å². The van der Waals surface area contributed by atoms with Crippen molar-refractivity contribution < 1.29 is 9.18 Å². The van der Waals surface area contributed by atoms with Crippen LogP contribution in [0.5, 0.6) is 0 Å². The quantitative estimate of drug-likeness (QED) is 0.901. The van der Waals surface area contributed by atoms with Gasteiger partial charge in [0.15, 0.2) is 0 Å². The number of nitrogens with one attached hydrogen (secondary N) is 1. The highest BCUT2D eigenvalue weighted by Gasteiger charge is 2.48. The number of nitrogens with two attached hydrogens (primary N) is 1. The van der Waals surface area contributed by atoms with Crippen LogP contribution in [-0.4, -0.2) is 11.9 Å². The second-order valence-electron chi connectivity index (χ2n) is 5.82. The minimum Gasteiger partial charge on any atom is -0.346 e. The average molecular weight is 299 g/mol. The molecule has 2 atom stereocenters. The molecule has 3 N–H and O–H groups in total. The molecular formula is C15H20ClFN2O. The topological polar surface area (TPSA) is 55.1 Å². The van der Waals surface area contributed by atoms with Gasteiger partial charge in [0.25, 0.3) is 0 Å². The molecule has 0 aromatic heterocycles. The molecule has 2 saturated carbocycles. The third kappa shape index (κ3) is 2.81. The summed E-state index contributed by atoms with van der Waals surface area (Å²) in [5.74, 6) is -0.198. The van der Waals surface area contributed by atoms with Gasteiger partial charge in [-0.25, -0.2) is 4.39 Å². The standard InChI is InChI=1S/C15H19FN2O.ClH/c16-13-4-2-1-3-12(13)15(7-8-15)18-14(19)10-5-6-11(17)9-10;/h1-4,10-11H,5-9,17H2,(H,18,19);1H. The first-order chi connectivity index (χ1) is 9.11. The summed E-state index contributed by atoms with van der Waals surface area (Å²) in [7, 11) is 0. The molecule has 0 radical (unpaired) electrons. The average Bonchev–Trinajstić information content (AvgIpc) is 3.02. The Labute approximate surface area is 124 Å². The lowest BCUT2D eigenvalue weighted by Crippen LogP contribution is -2.39. The van der Waals surface area contributed by atoms with Crippen LogP contribution in [0.25, 0.3) is 0 Å². The molecule has 0 saturated heterocycles. The van der Waals surface area contributed by atoms with Crippen molar-refractivity contribution in [1.29, 1.82) is 0 Å². The van der Waals surface area contributed by atoms with Gasteiger partial charge in [0.2, 0.25) is 5.91 Å². The zero-order valence-corrected chi connectivity index (χ0v) is 12.1. The van der Waals surface area contributed by atoms with E-state index in [-0.39, 0.29) is 36.1 Å². The Morgan fingerprint density at radius 3 is 2.55 bits per heavy atom. The smallest absolute Gasteiger partial charge is 0.223 e. The summed E-state index contributed by atoms with van der Waals surface area (Å²) in [6.45, 7) is 0. The summed E-state index contributed by atoms with van der Waals surface area (Å²) in [6.07, 6.45) is 4.14. The minimum absolute atomic E-state index is 0. The number of rotatable bonds is 3. The lowest BCUT2D eigenvalue weighted by molar-refractivity contribution is -0.125.